The van der Waals surface area contributed by atoms with Gasteiger partial charge in [-0.25, -0.2) is 4.79 Å². The van der Waals surface area contributed by atoms with E-state index in [4.69, 9.17) is 9.47 Å². The molecule has 0 bridgehead atoms. The molecule has 0 radical (unpaired) electrons. The third-order valence-electron chi connectivity index (χ3n) is 8.66. The average Bonchev–Trinajstić information content (AvgIpc) is 3.03. The maximum atomic E-state index is 11.6. The van der Waals surface area contributed by atoms with Gasteiger partial charge in [-0.05, 0) is 66.1 Å². The third-order valence-corrected chi connectivity index (χ3v) is 8.66. The van der Waals surface area contributed by atoms with E-state index in [1.165, 1.54) is 16.7 Å². The van der Waals surface area contributed by atoms with Gasteiger partial charge >= 0.3 is 5.97 Å². The van der Waals surface area contributed by atoms with Crippen molar-refractivity contribution in [2.45, 2.75) is 64.6 Å². The topological polar surface area (TPSA) is 55.8 Å². The molecule has 4 atom stereocenters. The van der Waals surface area contributed by atoms with Crippen LogP contribution in [0.15, 0.2) is 109 Å². The molecule has 43 heavy (non-hydrogen) atoms. The van der Waals surface area contributed by atoms with Gasteiger partial charge in [0.05, 0.1) is 12.2 Å². The molecule has 1 heterocycles. The van der Waals surface area contributed by atoms with Gasteiger partial charge in [0, 0.05) is 17.4 Å². The highest BCUT2D eigenvalue weighted by Crippen LogP contribution is 2.50. The Labute approximate surface area is 256 Å². The van der Waals surface area contributed by atoms with Crippen molar-refractivity contribution in [2.75, 3.05) is 6.61 Å². The number of rotatable bonds is 11. The zero-order chi connectivity index (χ0) is 30.3. The smallest absolute Gasteiger partial charge is 0.341 e. The van der Waals surface area contributed by atoms with E-state index in [-0.39, 0.29) is 24.0 Å². The number of ether oxygens (including phenoxy) is 2. The fourth-order valence-corrected chi connectivity index (χ4v) is 6.42. The van der Waals surface area contributed by atoms with Crippen molar-refractivity contribution in [1.82, 2.24) is 0 Å². The number of hydrogen-bond acceptors (Lipinski definition) is 3. The summed E-state index contributed by atoms with van der Waals surface area (Å²) < 4.78 is 13.1. The zero-order valence-corrected chi connectivity index (χ0v) is 25.5. The molecule has 0 saturated carbocycles. The SMILES string of the molecule is C=C(C)[C@@H]1C[C@@H](c2ccc(-c3ccccc3)cc2)[C@@H](CCCC)O[C@H]1c1c(C)cc(-c2ccccc2)cc1OCC(=O)O. The summed E-state index contributed by atoms with van der Waals surface area (Å²) in [5, 5.41) is 9.49. The molecule has 0 aliphatic carbocycles. The summed E-state index contributed by atoms with van der Waals surface area (Å²) in [5.74, 6) is -0.168. The average molecular weight is 575 g/mol. The van der Waals surface area contributed by atoms with Crippen molar-refractivity contribution < 1.29 is 19.4 Å². The lowest BCUT2D eigenvalue weighted by atomic mass is 9.73. The Kier molecular flexibility index (Phi) is 9.79. The summed E-state index contributed by atoms with van der Waals surface area (Å²) in [4.78, 5) is 11.6. The van der Waals surface area contributed by atoms with Crippen LogP contribution >= 0.6 is 0 Å². The molecule has 5 rings (SSSR count). The Morgan fingerprint density at radius 2 is 1.51 bits per heavy atom. The second-order valence-electron chi connectivity index (χ2n) is 11.8. The van der Waals surface area contributed by atoms with Crippen LogP contribution in [-0.2, 0) is 9.53 Å². The van der Waals surface area contributed by atoms with Gasteiger partial charge < -0.3 is 14.6 Å². The fourth-order valence-electron chi connectivity index (χ4n) is 6.42. The van der Waals surface area contributed by atoms with Gasteiger partial charge in [0.1, 0.15) is 5.75 Å². The lowest BCUT2D eigenvalue weighted by molar-refractivity contribution is -0.139. The van der Waals surface area contributed by atoms with Crippen LogP contribution in [0.5, 0.6) is 5.75 Å². The van der Waals surface area contributed by atoms with Gasteiger partial charge in [0.25, 0.3) is 0 Å². The predicted octanol–water partition coefficient (Wildman–Crippen LogP) is 9.79. The van der Waals surface area contributed by atoms with E-state index in [1.807, 2.05) is 30.3 Å². The second-order valence-corrected chi connectivity index (χ2v) is 11.8. The van der Waals surface area contributed by atoms with Crippen molar-refractivity contribution in [3.8, 4) is 28.0 Å². The predicted molar refractivity (Wildman–Crippen MR) is 174 cm³/mol. The number of carboxylic acids is 1. The van der Waals surface area contributed by atoms with Crippen LogP contribution in [-0.4, -0.2) is 23.8 Å². The van der Waals surface area contributed by atoms with Crippen LogP contribution in [0, 0.1) is 12.8 Å². The van der Waals surface area contributed by atoms with Crippen molar-refractivity contribution in [3.05, 3.63) is 126 Å². The fraction of sp³-hybridized carbons (Fsp3) is 0.308. The molecule has 222 valence electrons. The lowest BCUT2D eigenvalue weighted by Crippen LogP contribution is -2.36. The molecule has 0 unspecified atom stereocenters. The molecule has 4 heteroatoms. The van der Waals surface area contributed by atoms with Crippen LogP contribution in [0.1, 0.15) is 68.2 Å². The van der Waals surface area contributed by atoms with Gasteiger partial charge in [-0.1, -0.05) is 123 Å². The molecule has 4 aromatic carbocycles. The number of unbranched alkanes of at least 4 members (excludes halogenated alkanes) is 1. The van der Waals surface area contributed by atoms with Crippen LogP contribution in [0.25, 0.3) is 22.3 Å². The van der Waals surface area contributed by atoms with Gasteiger partial charge in [-0.2, -0.15) is 0 Å². The molecule has 1 aliphatic heterocycles. The van der Waals surface area contributed by atoms with E-state index in [1.54, 1.807) is 0 Å². The van der Waals surface area contributed by atoms with Gasteiger partial charge in [-0.15, -0.1) is 0 Å². The maximum absolute atomic E-state index is 11.6. The first-order valence-electron chi connectivity index (χ1n) is 15.4. The molecule has 0 amide bonds. The van der Waals surface area contributed by atoms with Crippen LogP contribution < -0.4 is 4.74 Å². The number of aryl methyl sites for hydroxylation is 1. The Morgan fingerprint density at radius 1 is 0.907 bits per heavy atom. The summed E-state index contributed by atoms with van der Waals surface area (Å²) in [6.45, 7) is 10.4. The summed E-state index contributed by atoms with van der Waals surface area (Å²) >= 11 is 0. The van der Waals surface area contributed by atoms with Gasteiger partial charge in [-0.3, -0.25) is 0 Å². The normalized spacial score (nSPS) is 20.0. The second kappa shape index (κ2) is 13.9. The monoisotopic (exact) mass is 574 g/mol. The number of benzene rings is 4. The summed E-state index contributed by atoms with van der Waals surface area (Å²) in [7, 11) is 0. The lowest BCUT2D eigenvalue weighted by Gasteiger charge is -2.43. The number of hydrogen-bond donors (Lipinski definition) is 1. The van der Waals surface area contributed by atoms with E-state index >= 15 is 0 Å². The van der Waals surface area contributed by atoms with Gasteiger partial charge in [0.15, 0.2) is 6.61 Å². The van der Waals surface area contributed by atoms with Gasteiger partial charge in [0.2, 0.25) is 0 Å². The Bertz CT molecular complexity index is 1530. The molecule has 1 fully saturated rings. The molecule has 1 saturated heterocycles. The molecule has 4 aromatic rings. The summed E-state index contributed by atoms with van der Waals surface area (Å²) in [6, 6.07) is 33.6. The Hall–Kier alpha value is -4.15. The highest BCUT2D eigenvalue weighted by molar-refractivity contribution is 5.70. The van der Waals surface area contributed by atoms with E-state index in [9.17, 15) is 9.90 Å². The van der Waals surface area contributed by atoms with E-state index in [0.717, 1.165) is 53.5 Å². The highest BCUT2D eigenvalue weighted by Gasteiger charge is 2.41. The summed E-state index contributed by atoms with van der Waals surface area (Å²) in [5.41, 5.74) is 8.74. The van der Waals surface area contributed by atoms with Crippen molar-refractivity contribution in [2.24, 2.45) is 5.92 Å². The molecule has 4 nitrogen and oxygen atoms in total. The molecule has 1 aliphatic rings. The summed E-state index contributed by atoms with van der Waals surface area (Å²) in [6.07, 6.45) is 3.75. The first kappa shape index (κ1) is 30.3. The maximum Gasteiger partial charge on any atom is 0.341 e. The van der Waals surface area contributed by atoms with Crippen molar-refractivity contribution in [3.63, 3.8) is 0 Å². The minimum Gasteiger partial charge on any atom is -0.481 e. The molecular formula is C39H42O4. The van der Waals surface area contributed by atoms with E-state index in [0.29, 0.717) is 5.75 Å². The Morgan fingerprint density at radius 3 is 2.09 bits per heavy atom. The molecule has 0 aromatic heterocycles. The van der Waals surface area contributed by atoms with Crippen LogP contribution in [0.2, 0.25) is 0 Å². The highest BCUT2D eigenvalue weighted by atomic mass is 16.5. The molecule has 0 spiro atoms. The van der Waals surface area contributed by atoms with E-state index < -0.39 is 12.6 Å². The third kappa shape index (κ3) is 7.09. The van der Waals surface area contributed by atoms with E-state index in [2.05, 4.69) is 94.1 Å². The number of carboxylic acid groups (broad SMARTS) is 1. The minimum absolute atomic E-state index is 0.0173. The Balaban J connectivity index is 1.53. The molecule has 1 N–H and O–H groups in total. The zero-order valence-electron chi connectivity index (χ0n) is 25.5. The first-order chi connectivity index (χ1) is 20.9. The minimum atomic E-state index is -1.01. The van der Waals surface area contributed by atoms with Crippen LogP contribution in [0.4, 0.5) is 0 Å². The number of carbonyl (C=O) groups is 1. The first-order valence-corrected chi connectivity index (χ1v) is 15.4. The quantitative estimate of drug-likeness (QED) is 0.181. The van der Waals surface area contributed by atoms with Crippen molar-refractivity contribution in [1.29, 1.82) is 0 Å². The van der Waals surface area contributed by atoms with Crippen LogP contribution in [0.3, 0.4) is 0 Å². The van der Waals surface area contributed by atoms with Crippen molar-refractivity contribution >= 4 is 5.97 Å². The largest absolute Gasteiger partial charge is 0.481 e. The molecular weight excluding hydrogens is 532 g/mol. The standard InChI is InChI=1S/C39H42O4/c1-5-6-17-35-34(31-20-18-30(19-21-31)28-13-9-7-10-14-28)24-33(26(2)3)39(43-35)38-27(4)22-32(29-15-11-8-12-16-29)23-36(38)42-25-37(40)41/h7-16,18-23,33-35,39H,2,5-6,17,24-25H2,1,3-4H3,(H,40,41)/t33-,34-,35+,39+/m0/s1. The number of aliphatic carboxylic acids is 1.